The molecule has 2 rings (SSSR count). The van der Waals surface area contributed by atoms with Crippen molar-refractivity contribution in [1.29, 1.82) is 0 Å². The molecule has 0 aliphatic carbocycles. The van der Waals surface area contributed by atoms with E-state index in [2.05, 4.69) is 0 Å². The predicted octanol–water partition coefficient (Wildman–Crippen LogP) is 3.94. The summed E-state index contributed by atoms with van der Waals surface area (Å²) >= 11 is 0. The van der Waals surface area contributed by atoms with E-state index >= 15 is 0 Å². The average Bonchev–Trinajstić information content (AvgIpc) is 2.78. The van der Waals surface area contributed by atoms with Crippen LogP contribution in [-0.2, 0) is 32.3 Å². The van der Waals surface area contributed by atoms with E-state index < -0.39 is 31.3 Å². The van der Waals surface area contributed by atoms with Gasteiger partial charge in [-0.3, -0.25) is 0 Å². The summed E-state index contributed by atoms with van der Waals surface area (Å²) < 4.78 is 10.6. The van der Waals surface area contributed by atoms with E-state index in [1.54, 1.807) is 12.1 Å². The van der Waals surface area contributed by atoms with Crippen molar-refractivity contribution in [3.8, 4) is 0 Å². The summed E-state index contributed by atoms with van der Waals surface area (Å²) in [7, 11) is -5.03. The molecule has 1 atom stereocenters. The Kier molecular flexibility index (Phi) is 9.79. The molecular weight excluding hydrogens is 431 g/mol. The number of unbranched alkanes of at least 4 members (excludes halogenated alkanes) is 1. The van der Waals surface area contributed by atoms with Crippen LogP contribution in [0.5, 0.6) is 0 Å². The van der Waals surface area contributed by atoms with Gasteiger partial charge in [0, 0.05) is 0 Å². The van der Waals surface area contributed by atoms with Gasteiger partial charge in [0.2, 0.25) is 0 Å². The minimum absolute atomic E-state index is 0.0157. The number of carbonyl (C=O) groups is 2. The first-order valence-corrected chi connectivity index (χ1v) is 13.3. The third kappa shape index (κ3) is 9.88. The van der Waals surface area contributed by atoms with Gasteiger partial charge in [-0.2, -0.15) is 0 Å². The van der Waals surface area contributed by atoms with Crippen LogP contribution in [0.1, 0.15) is 43.7 Å². The van der Waals surface area contributed by atoms with Gasteiger partial charge in [0.15, 0.2) is 0 Å². The number of benzene rings is 2. The Morgan fingerprint density at radius 1 is 0.875 bits per heavy atom. The molecule has 0 bridgehead atoms. The Bertz CT molecular complexity index is 847. The first-order chi connectivity index (χ1) is 15.2. The van der Waals surface area contributed by atoms with E-state index in [-0.39, 0.29) is 32.2 Å². The van der Waals surface area contributed by atoms with Crippen molar-refractivity contribution in [2.75, 3.05) is 12.3 Å². The van der Waals surface area contributed by atoms with Crippen molar-refractivity contribution in [1.82, 2.24) is 0 Å². The van der Waals surface area contributed by atoms with Crippen molar-refractivity contribution in [3.63, 3.8) is 0 Å². The molecule has 0 aliphatic heterocycles. The van der Waals surface area contributed by atoms with Crippen LogP contribution < -0.4 is 0 Å². The van der Waals surface area contributed by atoms with Gasteiger partial charge in [-0.15, -0.1) is 0 Å². The van der Waals surface area contributed by atoms with Crippen molar-refractivity contribution in [2.45, 2.75) is 45.8 Å². The molecule has 176 valence electrons. The number of esters is 2. The molecule has 2 aromatic carbocycles. The van der Waals surface area contributed by atoms with Crippen LogP contribution in [0.4, 0.5) is 0 Å². The van der Waals surface area contributed by atoms with Gasteiger partial charge in [0.25, 0.3) is 0 Å². The van der Waals surface area contributed by atoms with E-state index in [0.29, 0.717) is 12.8 Å². The second-order valence-corrected chi connectivity index (χ2v) is 11.6. The Hall–Kier alpha value is -2.31. The van der Waals surface area contributed by atoms with Crippen molar-refractivity contribution in [3.05, 3.63) is 71.8 Å². The second kappa shape index (κ2) is 12.1. The van der Waals surface area contributed by atoms with Crippen LogP contribution in [0.2, 0.25) is 0 Å². The van der Waals surface area contributed by atoms with E-state index in [1.807, 2.05) is 55.5 Å². The van der Waals surface area contributed by atoms with Gasteiger partial charge in [0.05, 0.1) is 0 Å². The van der Waals surface area contributed by atoms with Gasteiger partial charge in [-0.1, -0.05) is 0 Å². The van der Waals surface area contributed by atoms with E-state index in [4.69, 9.17) is 9.47 Å². The zero-order valence-electron chi connectivity index (χ0n) is 18.4. The molecule has 2 aromatic rings. The molecule has 0 fully saturated rings. The maximum absolute atomic E-state index is 12.7. The molecule has 1 unspecified atom stereocenters. The van der Waals surface area contributed by atoms with Crippen molar-refractivity contribution < 1.29 is 33.7 Å². The van der Waals surface area contributed by atoms with Gasteiger partial charge in [0.1, 0.15) is 0 Å². The van der Waals surface area contributed by atoms with Crippen LogP contribution in [0.3, 0.4) is 0 Å². The monoisotopic (exact) mass is 464 g/mol. The molecule has 0 aliphatic rings. The van der Waals surface area contributed by atoms with Crippen LogP contribution in [0.15, 0.2) is 60.7 Å². The molecule has 8 heteroatoms. The summed E-state index contributed by atoms with van der Waals surface area (Å²) in [6, 6.07) is 18.3. The summed E-state index contributed by atoms with van der Waals surface area (Å²) in [6.07, 6.45) is 0.208. The predicted molar refractivity (Wildman–Crippen MR) is 123 cm³/mol. The van der Waals surface area contributed by atoms with Crippen LogP contribution in [0.25, 0.3) is 0 Å². The van der Waals surface area contributed by atoms with Gasteiger partial charge in [-0.25, -0.2) is 0 Å². The number of carbonyl (C=O) groups excluding carboxylic acids is 2. The quantitative estimate of drug-likeness (QED) is 0.304. The third-order valence-electron chi connectivity index (χ3n) is 5.06. The summed E-state index contributed by atoms with van der Waals surface area (Å²) in [6.45, 7) is 1.99. The molecule has 3 N–H and O–H groups in total. The summed E-state index contributed by atoms with van der Waals surface area (Å²) in [5, 5.41) is 0. The Morgan fingerprint density at radius 2 is 1.41 bits per heavy atom. The number of hydrogen-bond acceptors (Lipinski definition) is 7. The molecular formula is C24H33O7P. The topological polar surface area (TPSA) is 113 Å². The summed E-state index contributed by atoms with van der Waals surface area (Å²) in [4.78, 5) is 56.3. The molecule has 0 saturated carbocycles. The summed E-state index contributed by atoms with van der Waals surface area (Å²) in [5.74, 6) is -2.25. The van der Waals surface area contributed by atoms with E-state index in [9.17, 15) is 24.3 Å². The zero-order valence-corrected chi connectivity index (χ0v) is 19.3. The maximum atomic E-state index is 12.7. The molecule has 0 saturated heterocycles. The number of ether oxygens (including phenoxy) is 2. The van der Waals surface area contributed by atoms with Crippen LogP contribution >= 0.6 is 7.28 Å². The Labute approximate surface area is 189 Å². The first kappa shape index (κ1) is 25.9. The molecule has 0 heterocycles. The summed E-state index contributed by atoms with van der Waals surface area (Å²) in [5.41, 5.74) is 1.62. The normalized spacial score (nSPS) is 13.6. The Balaban J connectivity index is 1.98. The fourth-order valence-corrected chi connectivity index (χ4v) is 5.64. The molecule has 0 aromatic heterocycles. The van der Waals surface area contributed by atoms with Crippen molar-refractivity contribution in [2.24, 2.45) is 5.92 Å². The molecule has 0 amide bonds. The van der Waals surface area contributed by atoms with Crippen LogP contribution in [0, 0.1) is 5.92 Å². The molecule has 32 heavy (non-hydrogen) atoms. The fourth-order valence-electron chi connectivity index (χ4n) is 3.26. The zero-order chi connectivity index (χ0) is 23.5. The SMILES string of the molecule is CCCCP(O)(O)(O)CC(CCC(=O)OCc1ccccc1)C(=O)OCc1ccccc1. The number of rotatable bonds is 13. The second-order valence-electron chi connectivity index (χ2n) is 8.08. The Morgan fingerprint density at radius 3 is 1.94 bits per heavy atom. The van der Waals surface area contributed by atoms with Gasteiger partial charge < -0.3 is 0 Å². The third-order valence-corrected chi connectivity index (χ3v) is 7.48. The standard InChI is InChI=1S/C24H33O7P/c1-2-3-16-32(27,28,29)19-22(24(26)31-18-21-12-8-5-9-13-21)14-15-23(25)30-17-20-10-6-4-7-11-20/h4-13,22,27-29H,2-3,14-19H2,1H3. The van der Waals surface area contributed by atoms with Crippen molar-refractivity contribution >= 4 is 19.2 Å². The van der Waals surface area contributed by atoms with Crippen LogP contribution in [-0.4, -0.2) is 38.9 Å². The van der Waals surface area contributed by atoms with E-state index in [0.717, 1.165) is 11.1 Å². The number of hydrogen-bond donors (Lipinski definition) is 3. The molecule has 7 nitrogen and oxygen atoms in total. The average molecular weight is 464 g/mol. The van der Waals surface area contributed by atoms with E-state index in [1.165, 1.54) is 0 Å². The minimum atomic E-state index is -5.03. The molecule has 0 spiro atoms. The van der Waals surface area contributed by atoms with Gasteiger partial charge in [-0.05, 0) is 0 Å². The molecule has 0 radical (unpaired) electrons. The first-order valence-electron chi connectivity index (χ1n) is 10.8. The van der Waals surface area contributed by atoms with Gasteiger partial charge >= 0.3 is 189 Å². The fraction of sp³-hybridized carbons (Fsp3) is 0.417.